The molecule has 24 heavy (non-hydrogen) atoms. The molecule has 0 aliphatic carbocycles. The summed E-state index contributed by atoms with van der Waals surface area (Å²) in [6.45, 7) is 3.71. The van der Waals surface area contributed by atoms with Gasteiger partial charge in [-0.25, -0.2) is 13.7 Å². The van der Waals surface area contributed by atoms with Gasteiger partial charge in [0.25, 0.3) is 11.8 Å². The predicted molar refractivity (Wildman–Crippen MR) is 87.5 cm³/mol. The summed E-state index contributed by atoms with van der Waals surface area (Å²) in [5.74, 6) is -3.64. The monoisotopic (exact) mass is 347 g/mol. The maximum absolute atomic E-state index is 13.4. The lowest BCUT2D eigenvalue weighted by atomic mass is 9.99. The maximum atomic E-state index is 13.4. The van der Waals surface area contributed by atoms with Gasteiger partial charge in [-0.05, 0) is 37.1 Å². The zero-order valence-electron chi connectivity index (χ0n) is 12.9. The van der Waals surface area contributed by atoms with Crippen LogP contribution in [0.3, 0.4) is 0 Å². The van der Waals surface area contributed by atoms with E-state index < -0.39 is 23.4 Å². The van der Waals surface area contributed by atoms with E-state index in [1.54, 1.807) is 19.1 Å². The van der Waals surface area contributed by atoms with Crippen LogP contribution in [0.25, 0.3) is 5.57 Å². The number of rotatable bonds is 2. The highest BCUT2D eigenvalue weighted by atomic mass is 35.5. The molecule has 0 aromatic heterocycles. The van der Waals surface area contributed by atoms with E-state index in [9.17, 15) is 18.4 Å². The van der Waals surface area contributed by atoms with E-state index in [0.29, 0.717) is 5.56 Å². The van der Waals surface area contributed by atoms with E-state index in [2.05, 4.69) is 0 Å². The number of imide groups is 1. The van der Waals surface area contributed by atoms with Crippen molar-refractivity contribution in [3.8, 4) is 0 Å². The van der Waals surface area contributed by atoms with Crippen molar-refractivity contribution in [3.05, 3.63) is 69.8 Å². The van der Waals surface area contributed by atoms with E-state index in [1.165, 1.54) is 0 Å². The fourth-order valence-electron chi connectivity index (χ4n) is 2.69. The predicted octanol–water partition coefficient (Wildman–Crippen LogP) is 4.10. The maximum Gasteiger partial charge on any atom is 0.277 e. The van der Waals surface area contributed by atoms with Crippen molar-refractivity contribution in [2.24, 2.45) is 0 Å². The van der Waals surface area contributed by atoms with E-state index in [0.717, 1.165) is 34.2 Å². The Kier molecular flexibility index (Phi) is 3.97. The summed E-state index contributed by atoms with van der Waals surface area (Å²) >= 11 is 6.09. The highest BCUT2D eigenvalue weighted by molar-refractivity contribution is 6.60. The molecular weight excluding hydrogens is 336 g/mol. The van der Waals surface area contributed by atoms with Crippen molar-refractivity contribution in [3.63, 3.8) is 0 Å². The molecule has 0 saturated carbocycles. The molecular formula is C18H12ClF2NO2. The first-order valence-corrected chi connectivity index (χ1v) is 7.50. The highest BCUT2D eigenvalue weighted by Gasteiger charge is 2.39. The Morgan fingerprint density at radius 3 is 2.25 bits per heavy atom. The number of carbonyl (C=O) groups excluding carboxylic acids is 2. The molecule has 122 valence electrons. The van der Waals surface area contributed by atoms with E-state index in [1.807, 2.05) is 13.0 Å². The Labute approximate surface area is 142 Å². The van der Waals surface area contributed by atoms with Crippen molar-refractivity contribution in [2.45, 2.75) is 13.8 Å². The third-order valence-corrected chi connectivity index (χ3v) is 4.19. The number of carbonyl (C=O) groups is 2. The van der Waals surface area contributed by atoms with Crippen molar-refractivity contribution < 1.29 is 18.4 Å². The first-order valence-electron chi connectivity index (χ1n) is 7.12. The Morgan fingerprint density at radius 1 is 0.917 bits per heavy atom. The first kappa shape index (κ1) is 16.3. The van der Waals surface area contributed by atoms with E-state index >= 15 is 0 Å². The van der Waals surface area contributed by atoms with Crippen LogP contribution in [-0.4, -0.2) is 11.8 Å². The second-order valence-electron chi connectivity index (χ2n) is 5.55. The lowest BCUT2D eigenvalue weighted by molar-refractivity contribution is -0.119. The average molecular weight is 348 g/mol. The normalized spacial score (nSPS) is 14.8. The summed E-state index contributed by atoms with van der Waals surface area (Å²) in [5.41, 5.74) is 2.32. The molecule has 3 nitrogen and oxygen atoms in total. The van der Waals surface area contributed by atoms with Crippen molar-refractivity contribution in [1.82, 2.24) is 0 Å². The fraction of sp³-hybridized carbons (Fsp3) is 0.111. The van der Waals surface area contributed by atoms with Gasteiger partial charge in [0, 0.05) is 6.07 Å². The lowest BCUT2D eigenvalue weighted by Gasteiger charge is -2.15. The Hall–Kier alpha value is -2.53. The molecule has 0 bridgehead atoms. The second kappa shape index (κ2) is 5.83. The van der Waals surface area contributed by atoms with Crippen LogP contribution >= 0.6 is 11.6 Å². The van der Waals surface area contributed by atoms with Crippen molar-refractivity contribution in [1.29, 1.82) is 0 Å². The van der Waals surface area contributed by atoms with Gasteiger partial charge in [-0.2, -0.15) is 0 Å². The number of benzene rings is 2. The topological polar surface area (TPSA) is 37.4 Å². The van der Waals surface area contributed by atoms with Crippen LogP contribution in [-0.2, 0) is 9.59 Å². The van der Waals surface area contributed by atoms with Crippen LogP contribution in [0.15, 0.2) is 41.4 Å². The van der Waals surface area contributed by atoms with Gasteiger partial charge in [0.1, 0.15) is 5.03 Å². The van der Waals surface area contributed by atoms with Gasteiger partial charge >= 0.3 is 0 Å². The van der Waals surface area contributed by atoms with Gasteiger partial charge < -0.3 is 0 Å². The van der Waals surface area contributed by atoms with Gasteiger partial charge in [-0.15, -0.1) is 0 Å². The molecule has 2 aromatic rings. The smallest absolute Gasteiger partial charge is 0.268 e. The molecule has 1 aliphatic rings. The summed E-state index contributed by atoms with van der Waals surface area (Å²) in [7, 11) is 0. The molecule has 2 aromatic carbocycles. The van der Waals surface area contributed by atoms with E-state index in [4.69, 9.17) is 11.6 Å². The molecule has 0 saturated heterocycles. The second-order valence-corrected chi connectivity index (χ2v) is 5.93. The first-order chi connectivity index (χ1) is 11.3. The third kappa shape index (κ3) is 2.51. The number of nitrogens with zero attached hydrogens (tertiary/aromatic N) is 1. The summed E-state index contributed by atoms with van der Waals surface area (Å²) in [4.78, 5) is 25.8. The highest BCUT2D eigenvalue weighted by Crippen LogP contribution is 2.36. The minimum Gasteiger partial charge on any atom is -0.268 e. The quantitative estimate of drug-likeness (QED) is 0.767. The van der Waals surface area contributed by atoms with Crippen LogP contribution in [0.2, 0.25) is 0 Å². The standard InChI is InChI=1S/C18H12ClF2NO2/c1-9-3-5-12(10(2)7-9)15-16(19)18(24)22(17(15)23)11-4-6-13(20)14(21)8-11/h3-8H,1-2H3. The number of hydrogen-bond acceptors (Lipinski definition) is 2. The summed E-state index contributed by atoms with van der Waals surface area (Å²) in [6.07, 6.45) is 0. The SMILES string of the molecule is Cc1ccc(C2=C(Cl)C(=O)N(c3ccc(F)c(F)c3)C2=O)c(C)c1. The van der Waals surface area contributed by atoms with Crippen LogP contribution in [0.5, 0.6) is 0 Å². The van der Waals surface area contributed by atoms with E-state index in [-0.39, 0.29) is 16.3 Å². The molecule has 1 heterocycles. The Morgan fingerprint density at radius 2 is 1.62 bits per heavy atom. The Balaban J connectivity index is 2.09. The summed E-state index contributed by atoms with van der Waals surface area (Å²) < 4.78 is 26.5. The van der Waals surface area contributed by atoms with Gasteiger partial charge in [-0.1, -0.05) is 35.4 Å². The fourth-order valence-corrected chi connectivity index (χ4v) is 2.96. The van der Waals surface area contributed by atoms with Gasteiger partial charge in [-0.3, -0.25) is 9.59 Å². The zero-order chi connectivity index (χ0) is 17.6. The van der Waals surface area contributed by atoms with Crippen molar-refractivity contribution in [2.75, 3.05) is 4.90 Å². The number of aryl methyl sites for hydroxylation is 2. The molecule has 6 heteroatoms. The average Bonchev–Trinajstić information content (AvgIpc) is 2.73. The number of amides is 2. The molecule has 2 amide bonds. The minimum absolute atomic E-state index is 0.0592. The lowest BCUT2D eigenvalue weighted by Crippen LogP contribution is -2.31. The van der Waals surface area contributed by atoms with Crippen LogP contribution in [0.1, 0.15) is 16.7 Å². The molecule has 3 rings (SSSR count). The number of hydrogen-bond donors (Lipinski definition) is 0. The van der Waals surface area contributed by atoms with Gasteiger partial charge in [0.2, 0.25) is 0 Å². The van der Waals surface area contributed by atoms with Gasteiger partial charge in [0.05, 0.1) is 11.3 Å². The zero-order valence-corrected chi connectivity index (χ0v) is 13.6. The Bertz CT molecular complexity index is 921. The van der Waals surface area contributed by atoms with Crippen LogP contribution < -0.4 is 4.90 Å². The molecule has 0 atom stereocenters. The molecule has 0 unspecified atom stereocenters. The van der Waals surface area contributed by atoms with Crippen LogP contribution in [0, 0.1) is 25.5 Å². The molecule has 1 aliphatic heterocycles. The summed E-state index contributed by atoms with van der Waals surface area (Å²) in [6, 6.07) is 8.18. The molecule has 0 spiro atoms. The van der Waals surface area contributed by atoms with Crippen LogP contribution in [0.4, 0.5) is 14.5 Å². The number of halogens is 3. The molecule has 0 N–H and O–H groups in total. The third-order valence-electron chi connectivity index (χ3n) is 3.84. The summed E-state index contributed by atoms with van der Waals surface area (Å²) in [5, 5.41) is -0.239. The minimum atomic E-state index is -1.15. The van der Waals surface area contributed by atoms with Gasteiger partial charge in [0.15, 0.2) is 11.6 Å². The number of anilines is 1. The largest absolute Gasteiger partial charge is 0.277 e. The van der Waals surface area contributed by atoms with Crippen molar-refractivity contribution >= 4 is 34.7 Å². The molecule has 0 fully saturated rings. The molecule has 0 radical (unpaired) electrons.